The first kappa shape index (κ1) is 17.6. The standard InChI is InChI=1S/C21H25FN2O/c1-23(14-17-6-3-2-4-7-17)21(25)19-8-5-13-24(16-19)15-18-9-11-20(22)12-10-18/h2-4,6-7,9-12,19H,5,8,13-16H2,1H3/p+1/t19-/m0/s1. The van der Waals surface area contributed by atoms with Gasteiger partial charge >= 0.3 is 0 Å². The van der Waals surface area contributed by atoms with Crippen LogP contribution in [0.5, 0.6) is 0 Å². The number of halogens is 1. The van der Waals surface area contributed by atoms with Crippen molar-refractivity contribution >= 4 is 5.91 Å². The van der Waals surface area contributed by atoms with E-state index >= 15 is 0 Å². The summed E-state index contributed by atoms with van der Waals surface area (Å²) in [5, 5.41) is 0. The molecule has 1 aliphatic heterocycles. The summed E-state index contributed by atoms with van der Waals surface area (Å²) in [6.45, 7) is 3.44. The van der Waals surface area contributed by atoms with E-state index in [1.807, 2.05) is 42.3 Å². The summed E-state index contributed by atoms with van der Waals surface area (Å²) in [6.07, 6.45) is 2.02. The molecule has 1 aliphatic rings. The molecule has 1 saturated heterocycles. The molecule has 0 spiro atoms. The average molecular weight is 341 g/mol. The highest BCUT2D eigenvalue weighted by molar-refractivity contribution is 5.78. The van der Waals surface area contributed by atoms with Crippen LogP contribution in [0, 0.1) is 11.7 Å². The number of nitrogens with zero attached hydrogens (tertiary/aromatic N) is 1. The van der Waals surface area contributed by atoms with Gasteiger partial charge in [-0.25, -0.2) is 4.39 Å². The van der Waals surface area contributed by atoms with E-state index < -0.39 is 0 Å². The molecule has 3 rings (SSSR count). The zero-order chi connectivity index (χ0) is 17.6. The van der Waals surface area contributed by atoms with Crippen LogP contribution in [0.25, 0.3) is 0 Å². The lowest BCUT2D eigenvalue weighted by Gasteiger charge is -2.31. The average Bonchev–Trinajstić information content (AvgIpc) is 2.64. The number of quaternary nitrogens is 1. The van der Waals surface area contributed by atoms with Crippen LogP contribution in [0.4, 0.5) is 4.39 Å². The number of piperidine rings is 1. The minimum absolute atomic E-state index is 0.0814. The van der Waals surface area contributed by atoms with Crippen LogP contribution in [-0.4, -0.2) is 30.9 Å². The Kier molecular flexibility index (Phi) is 5.82. The monoisotopic (exact) mass is 341 g/mol. The molecule has 2 aromatic carbocycles. The van der Waals surface area contributed by atoms with Crippen molar-refractivity contribution in [2.24, 2.45) is 5.92 Å². The Morgan fingerprint density at radius 2 is 1.84 bits per heavy atom. The van der Waals surface area contributed by atoms with Gasteiger partial charge in [0, 0.05) is 19.2 Å². The number of rotatable bonds is 5. The fourth-order valence-electron chi connectivity index (χ4n) is 3.66. The van der Waals surface area contributed by atoms with Crippen molar-refractivity contribution in [3.63, 3.8) is 0 Å². The van der Waals surface area contributed by atoms with E-state index in [4.69, 9.17) is 0 Å². The van der Waals surface area contributed by atoms with Gasteiger partial charge in [0.25, 0.3) is 0 Å². The first-order chi connectivity index (χ1) is 12.1. The SMILES string of the molecule is CN(Cc1ccccc1)C(=O)[C@H]1CCC[NH+](Cc2ccc(F)cc2)C1. The molecule has 2 atom stereocenters. The molecule has 132 valence electrons. The normalized spacial score (nSPS) is 20.2. The van der Waals surface area contributed by atoms with Crippen molar-refractivity contribution in [2.45, 2.75) is 25.9 Å². The summed E-state index contributed by atoms with van der Waals surface area (Å²) in [5.41, 5.74) is 2.28. The van der Waals surface area contributed by atoms with E-state index in [1.165, 1.54) is 17.0 Å². The maximum atomic E-state index is 13.0. The highest BCUT2D eigenvalue weighted by atomic mass is 19.1. The van der Waals surface area contributed by atoms with Crippen molar-refractivity contribution in [1.82, 2.24) is 4.90 Å². The molecule has 25 heavy (non-hydrogen) atoms. The lowest BCUT2D eigenvalue weighted by Crippen LogP contribution is -3.12. The first-order valence-corrected chi connectivity index (χ1v) is 8.99. The Balaban J connectivity index is 1.56. The third-order valence-corrected chi connectivity index (χ3v) is 4.97. The second-order valence-electron chi connectivity index (χ2n) is 7.03. The van der Waals surface area contributed by atoms with E-state index in [1.54, 1.807) is 0 Å². The summed E-state index contributed by atoms with van der Waals surface area (Å²) in [6, 6.07) is 16.8. The first-order valence-electron chi connectivity index (χ1n) is 8.99. The molecule has 0 saturated carbocycles. The summed E-state index contributed by atoms with van der Waals surface area (Å²) in [5.74, 6) is 0.117. The number of nitrogens with one attached hydrogen (secondary N) is 1. The Labute approximate surface area is 149 Å². The van der Waals surface area contributed by atoms with E-state index in [0.29, 0.717) is 6.54 Å². The van der Waals surface area contributed by atoms with Crippen LogP contribution in [0.1, 0.15) is 24.0 Å². The molecule has 1 heterocycles. The molecular weight excluding hydrogens is 315 g/mol. The fourth-order valence-corrected chi connectivity index (χ4v) is 3.66. The van der Waals surface area contributed by atoms with E-state index in [9.17, 15) is 9.18 Å². The highest BCUT2D eigenvalue weighted by Gasteiger charge is 2.30. The molecule has 0 aliphatic carbocycles. The van der Waals surface area contributed by atoms with Gasteiger partial charge in [0.2, 0.25) is 5.91 Å². The third kappa shape index (κ3) is 4.89. The lowest BCUT2D eigenvalue weighted by molar-refractivity contribution is -0.921. The van der Waals surface area contributed by atoms with Gasteiger partial charge in [-0.05, 0) is 30.5 Å². The second kappa shape index (κ2) is 8.26. The molecule has 0 aromatic heterocycles. The summed E-state index contributed by atoms with van der Waals surface area (Å²) in [4.78, 5) is 16.1. The number of benzene rings is 2. The molecule has 1 fully saturated rings. The van der Waals surface area contributed by atoms with Crippen molar-refractivity contribution in [1.29, 1.82) is 0 Å². The van der Waals surface area contributed by atoms with Crippen LogP contribution in [0.15, 0.2) is 54.6 Å². The van der Waals surface area contributed by atoms with Crippen LogP contribution in [0.2, 0.25) is 0 Å². The molecular formula is C21H26FN2O+. The summed E-state index contributed by atoms with van der Waals surface area (Å²) < 4.78 is 13.0. The number of hydrogen-bond donors (Lipinski definition) is 1. The number of carbonyl (C=O) groups is 1. The van der Waals surface area contributed by atoms with Crippen molar-refractivity contribution < 1.29 is 14.1 Å². The minimum atomic E-state index is -0.201. The Morgan fingerprint density at radius 1 is 1.12 bits per heavy atom. The summed E-state index contributed by atoms with van der Waals surface area (Å²) >= 11 is 0. The number of hydrogen-bond acceptors (Lipinski definition) is 1. The maximum absolute atomic E-state index is 13.0. The lowest BCUT2D eigenvalue weighted by atomic mass is 9.96. The van der Waals surface area contributed by atoms with Crippen LogP contribution in [0.3, 0.4) is 0 Å². The predicted molar refractivity (Wildman–Crippen MR) is 96.4 cm³/mol. The summed E-state index contributed by atoms with van der Waals surface area (Å²) in [7, 11) is 1.89. The predicted octanol–water partition coefficient (Wildman–Crippen LogP) is 2.28. The van der Waals surface area contributed by atoms with Gasteiger partial charge in [0.05, 0.1) is 19.0 Å². The van der Waals surface area contributed by atoms with Crippen LogP contribution in [-0.2, 0) is 17.9 Å². The highest BCUT2D eigenvalue weighted by Crippen LogP contribution is 2.13. The van der Waals surface area contributed by atoms with Crippen molar-refractivity contribution in [3.05, 3.63) is 71.5 Å². The quantitative estimate of drug-likeness (QED) is 0.887. The zero-order valence-corrected chi connectivity index (χ0v) is 14.7. The van der Waals surface area contributed by atoms with Crippen LogP contribution >= 0.6 is 0 Å². The van der Waals surface area contributed by atoms with Crippen molar-refractivity contribution in [3.8, 4) is 0 Å². The van der Waals surface area contributed by atoms with Gasteiger partial charge in [-0.1, -0.05) is 42.5 Å². The number of likely N-dealkylation sites (tertiary alicyclic amines) is 1. The fraction of sp³-hybridized carbons (Fsp3) is 0.381. The van der Waals surface area contributed by atoms with Crippen molar-refractivity contribution in [2.75, 3.05) is 20.1 Å². The second-order valence-corrected chi connectivity index (χ2v) is 7.03. The molecule has 2 aromatic rings. The van der Waals surface area contributed by atoms with Gasteiger partial charge in [-0.2, -0.15) is 0 Å². The molecule has 3 nitrogen and oxygen atoms in total. The van der Waals surface area contributed by atoms with Gasteiger partial charge in [0.1, 0.15) is 12.4 Å². The number of carbonyl (C=O) groups excluding carboxylic acids is 1. The Bertz CT molecular complexity index is 687. The molecule has 0 bridgehead atoms. The molecule has 4 heteroatoms. The van der Waals surface area contributed by atoms with Gasteiger partial charge in [-0.3, -0.25) is 4.79 Å². The molecule has 1 unspecified atom stereocenters. The maximum Gasteiger partial charge on any atom is 0.231 e. The minimum Gasteiger partial charge on any atom is -0.341 e. The van der Waals surface area contributed by atoms with Gasteiger partial charge < -0.3 is 9.80 Å². The molecule has 1 amide bonds. The smallest absolute Gasteiger partial charge is 0.231 e. The zero-order valence-electron chi connectivity index (χ0n) is 14.7. The Hall–Kier alpha value is -2.20. The topological polar surface area (TPSA) is 24.8 Å². The Morgan fingerprint density at radius 3 is 2.56 bits per heavy atom. The van der Waals surface area contributed by atoms with E-state index in [0.717, 1.165) is 43.6 Å². The molecule has 0 radical (unpaired) electrons. The van der Waals surface area contributed by atoms with E-state index in [-0.39, 0.29) is 17.6 Å². The van der Waals surface area contributed by atoms with E-state index in [2.05, 4.69) is 12.1 Å². The molecule has 1 N–H and O–H groups in total. The van der Waals surface area contributed by atoms with Crippen LogP contribution < -0.4 is 4.90 Å². The van der Waals surface area contributed by atoms with Gasteiger partial charge in [0.15, 0.2) is 0 Å². The third-order valence-electron chi connectivity index (χ3n) is 4.97. The van der Waals surface area contributed by atoms with Gasteiger partial charge in [-0.15, -0.1) is 0 Å². The largest absolute Gasteiger partial charge is 0.341 e. The number of amides is 1.